The van der Waals surface area contributed by atoms with E-state index in [2.05, 4.69) is 111 Å². The van der Waals surface area contributed by atoms with Gasteiger partial charge in [-0.15, -0.1) is 0 Å². The zero-order chi connectivity index (χ0) is 24.8. The van der Waals surface area contributed by atoms with Crippen molar-refractivity contribution in [2.45, 2.75) is 85.5 Å². The van der Waals surface area contributed by atoms with E-state index in [4.69, 9.17) is 9.05 Å². The van der Waals surface area contributed by atoms with Gasteiger partial charge in [-0.1, -0.05) is 102 Å². The normalized spacial score (nSPS) is 18.1. The molecule has 0 fully saturated rings. The Bertz CT molecular complexity index is 1110. The van der Waals surface area contributed by atoms with Crippen LogP contribution in [0.25, 0.3) is 0 Å². The van der Waals surface area contributed by atoms with Crippen LogP contribution < -0.4 is 14.4 Å². The lowest BCUT2D eigenvalue weighted by Crippen LogP contribution is -2.22. The SMILES string of the molecule is CCC1c2cc(C)cc(C(C)(C)C)c2OP(c2ccccc2)Oc2c1cc(C)cc2C(C)(C)C. The van der Waals surface area contributed by atoms with Gasteiger partial charge >= 0.3 is 8.38 Å². The van der Waals surface area contributed by atoms with Crippen molar-refractivity contribution in [3.63, 3.8) is 0 Å². The molecule has 0 atom stereocenters. The lowest BCUT2D eigenvalue weighted by molar-refractivity contribution is 0.447. The third-order valence-corrected chi connectivity index (χ3v) is 8.03. The molecule has 2 nitrogen and oxygen atoms in total. The lowest BCUT2D eigenvalue weighted by Gasteiger charge is -2.36. The summed E-state index contributed by atoms with van der Waals surface area (Å²) in [5, 5.41) is 1.09. The van der Waals surface area contributed by atoms with Crippen LogP contribution in [-0.2, 0) is 10.8 Å². The highest BCUT2D eigenvalue weighted by Gasteiger charge is 2.36. The molecule has 0 saturated carbocycles. The largest absolute Gasteiger partial charge is 0.435 e. The van der Waals surface area contributed by atoms with Crippen LogP contribution in [0.15, 0.2) is 54.6 Å². The van der Waals surface area contributed by atoms with Crippen molar-refractivity contribution in [2.75, 3.05) is 0 Å². The molecule has 0 spiro atoms. The summed E-state index contributed by atoms with van der Waals surface area (Å²) < 4.78 is 13.9. The van der Waals surface area contributed by atoms with Crippen LogP contribution in [0.2, 0.25) is 0 Å². The molecule has 3 heteroatoms. The third kappa shape index (κ3) is 4.76. The summed E-state index contributed by atoms with van der Waals surface area (Å²) in [4.78, 5) is 0. The average Bonchev–Trinajstić information content (AvgIpc) is 2.74. The quantitative estimate of drug-likeness (QED) is 0.345. The Kier molecular flexibility index (Phi) is 6.60. The molecule has 4 rings (SSSR count). The average molecular weight is 475 g/mol. The molecule has 0 saturated heterocycles. The molecular weight excluding hydrogens is 435 g/mol. The second kappa shape index (κ2) is 9.04. The first-order valence-electron chi connectivity index (χ1n) is 12.4. The highest BCUT2D eigenvalue weighted by atomic mass is 31.2. The Morgan fingerprint density at radius 3 is 1.53 bits per heavy atom. The Balaban J connectivity index is 2.09. The third-order valence-electron chi connectivity index (χ3n) is 6.61. The summed E-state index contributed by atoms with van der Waals surface area (Å²) >= 11 is 0. The molecule has 1 aliphatic heterocycles. The number of hydrogen-bond donors (Lipinski definition) is 0. The second-order valence-corrected chi connectivity index (χ2v) is 13.1. The smallest absolute Gasteiger partial charge is 0.326 e. The predicted molar refractivity (Wildman–Crippen MR) is 146 cm³/mol. The van der Waals surface area contributed by atoms with Crippen molar-refractivity contribution in [1.82, 2.24) is 0 Å². The van der Waals surface area contributed by atoms with Crippen LogP contribution in [0, 0.1) is 13.8 Å². The minimum absolute atomic E-state index is 0.0444. The minimum Gasteiger partial charge on any atom is -0.435 e. The van der Waals surface area contributed by atoms with Gasteiger partial charge in [0.05, 0.1) is 5.30 Å². The first-order chi connectivity index (χ1) is 15.9. The minimum atomic E-state index is -1.35. The van der Waals surface area contributed by atoms with Crippen LogP contribution in [0.1, 0.15) is 94.2 Å². The van der Waals surface area contributed by atoms with Gasteiger partial charge in [0.2, 0.25) is 0 Å². The van der Waals surface area contributed by atoms with Crippen LogP contribution in [0.4, 0.5) is 0 Å². The summed E-state index contributed by atoms with van der Waals surface area (Å²) in [6.07, 6.45) is 0.982. The molecule has 0 aliphatic carbocycles. The zero-order valence-corrected chi connectivity index (χ0v) is 23.1. The van der Waals surface area contributed by atoms with Gasteiger partial charge in [0.25, 0.3) is 0 Å². The molecule has 0 unspecified atom stereocenters. The molecule has 0 bridgehead atoms. The van der Waals surface area contributed by atoms with Crippen molar-refractivity contribution >= 4 is 13.7 Å². The summed E-state index contributed by atoms with van der Waals surface area (Å²) in [7, 11) is -1.35. The molecule has 0 aromatic heterocycles. The Morgan fingerprint density at radius 1 is 0.706 bits per heavy atom. The highest BCUT2D eigenvalue weighted by Crippen LogP contribution is 2.54. The Morgan fingerprint density at radius 2 is 1.15 bits per heavy atom. The zero-order valence-electron chi connectivity index (χ0n) is 22.2. The van der Waals surface area contributed by atoms with E-state index in [0.717, 1.165) is 23.2 Å². The van der Waals surface area contributed by atoms with E-state index >= 15 is 0 Å². The molecule has 0 amide bonds. The van der Waals surface area contributed by atoms with E-state index in [1.54, 1.807) is 0 Å². The predicted octanol–water partition coefficient (Wildman–Crippen LogP) is 8.85. The van der Waals surface area contributed by atoms with Gasteiger partial charge in [0.15, 0.2) is 0 Å². The fraction of sp³-hybridized carbons (Fsp3) is 0.419. The topological polar surface area (TPSA) is 18.5 Å². The monoisotopic (exact) mass is 474 g/mol. The summed E-state index contributed by atoms with van der Waals surface area (Å²) in [5.41, 5.74) is 7.54. The van der Waals surface area contributed by atoms with E-state index in [1.807, 2.05) is 6.07 Å². The molecule has 1 aliphatic rings. The van der Waals surface area contributed by atoms with Gasteiger partial charge in [-0.25, -0.2) is 0 Å². The number of hydrogen-bond acceptors (Lipinski definition) is 2. The lowest BCUT2D eigenvalue weighted by atomic mass is 9.77. The van der Waals surface area contributed by atoms with Crippen molar-refractivity contribution in [3.05, 3.63) is 88.0 Å². The van der Waals surface area contributed by atoms with Gasteiger partial charge in [-0.2, -0.15) is 0 Å². The van der Waals surface area contributed by atoms with Crippen LogP contribution in [0.5, 0.6) is 11.5 Å². The van der Waals surface area contributed by atoms with Crippen LogP contribution >= 0.6 is 8.38 Å². The fourth-order valence-electron chi connectivity index (χ4n) is 4.88. The van der Waals surface area contributed by atoms with Gasteiger partial charge in [-0.05, 0) is 43.2 Å². The molecule has 180 valence electrons. The van der Waals surface area contributed by atoms with Crippen LogP contribution in [0.3, 0.4) is 0 Å². The van der Waals surface area contributed by atoms with E-state index in [1.165, 1.54) is 33.4 Å². The van der Waals surface area contributed by atoms with E-state index in [9.17, 15) is 0 Å². The number of benzene rings is 3. The molecule has 1 heterocycles. The van der Waals surface area contributed by atoms with Gasteiger partial charge in [-0.3, -0.25) is 0 Å². The van der Waals surface area contributed by atoms with Crippen LogP contribution in [-0.4, -0.2) is 0 Å². The maximum Gasteiger partial charge on any atom is 0.326 e. The molecule has 3 aromatic carbocycles. The number of aryl methyl sites for hydroxylation is 2. The first kappa shape index (κ1) is 24.8. The van der Waals surface area contributed by atoms with E-state index in [0.29, 0.717) is 0 Å². The molecule has 3 aromatic rings. The summed E-state index contributed by atoms with van der Waals surface area (Å²) in [5.74, 6) is 2.22. The first-order valence-corrected chi connectivity index (χ1v) is 13.6. The number of fused-ring (bicyclic) bond motifs is 2. The Labute approximate surface area is 207 Å². The summed E-state index contributed by atoms with van der Waals surface area (Å²) in [6, 6.07) is 19.7. The molecule has 0 radical (unpaired) electrons. The van der Waals surface area contributed by atoms with E-state index < -0.39 is 8.38 Å². The van der Waals surface area contributed by atoms with E-state index in [-0.39, 0.29) is 16.7 Å². The molecule has 34 heavy (non-hydrogen) atoms. The van der Waals surface area contributed by atoms with Gasteiger partial charge in [0, 0.05) is 28.2 Å². The molecular formula is C31H39O2P. The fourth-order valence-corrected chi connectivity index (χ4v) is 6.29. The second-order valence-electron chi connectivity index (χ2n) is 11.7. The summed E-state index contributed by atoms with van der Waals surface area (Å²) in [6.45, 7) is 20.3. The number of rotatable bonds is 2. The van der Waals surface area contributed by atoms with Crippen molar-refractivity contribution in [1.29, 1.82) is 0 Å². The van der Waals surface area contributed by atoms with Gasteiger partial charge in [0.1, 0.15) is 11.5 Å². The maximum absolute atomic E-state index is 6.97. The standard InChI is InChI=1S/C31H39O2P/c1-10-23-24-16-20(2)18-26(30(4,5)6)28(24)32-34(22-14-12-11-13-15-22)33-29-25(23)17-21(3)19-27(29)31(7,8)9/h11-19,23H,10H2,1-9H3. The van der Waals surface area contributed by atoms with Crippen molar-refractivity contribution in [2.24, 2.45) is 0 Å². The van der Waals surface area contributed by atoms with Gasteiger partial charge < -0.3 is 9.05 Å². The van der Waals surface area contributed by atoms with Crippen molar-refractivity contribution in [3.8, 4) is 11.5 Å². The maximum atomic E-state index is 6.97. The highest BCUT2D eigenvalue weighted by molar-refractivity contribution is 7.56. The Hall–Kier alpha value is -2.31. The van der Waals surface area contributed by atoms with Crippen molar-refractivity contribution < 1.29 is 9.05 Å². The molecule has 0 N–H and O–H groups in total.